The van der Waals surface area contributed by atoms with E-state index in [2.05, 4.69) is 27.6 Å². The van der Waals surface area contributed by atoms with Crippen molar-refractivity contribution >= 4 is 5.96 Å². The number of nitrogens with zero attached hydrogens (tertiary/aromatic N) is 4. The number of benzene rings is 1. The molecule has 1 unspecified atom stereocenters. The summed E-state index contributed by atoms with van der Waals surface area (Å²) in [5, 5.41) is 0. The fourth-order valence-corrected chi connectivity index (χ4v) is 2.51. The van der Waals surface area contributed by atoms with Crippen LogP contribution in [0.5, 0.6) is 0 Å². The predicted molar refractivity (Wildman–Crippen MR) is 83.3 cm³/mol. The van der Waals surface area contributed by atoms with Crippen molar-refractivity contribution in [1.82, 2.24) is 14.9 Å². The third kappa shape index (κ3) is 2.07. The van der Waals surface area contributed by atoms with Gasteiger partial charge < -0.3 is 10.6 Å². The monoisotopic (exact) mass is 279 g/mol. The van der Waals surface area contributed by atoms with Crippen LogP contribution in [0.25, 0.3) is 11.1 Å². The van der Waals surface area contributed by atoms with Gasteiger partial charge in [0.25, 0.3) is 0 Å². The van der Waals surface area contributed by atoms with E-state index in [1.54, 1.807) is 12.4 Å². The van der Waals surface area contributed by atoms with Crippen LogP contribution in [0.4, 0.5) is 0 Å². The van der Waals surface area contributed by atoms with E-state index in [1.807, 2.05) is 37.1 Å². The van der Waals surface area contributed by atoms with Crippen LogP contribution in [0.3, 0.4) is 0 Å². The molecule has 5 heteroatoms. The van der Waals surface area contributed by atoms with Gasteiger partial charge in [0.2, 0.25) is 0 Å². The maximum absolute atomic E-state index is 5.93. The van der Waals surface area contributed by atoms with Gasteiger partial charge in [-0.15, -0.1) is 0 Å². The molecule has 1 aliphatic heterocycles. The number of aliphatic imine (C=N–C) groups is 1. The van der Waals surface area contributed by atoms with Crippen LogP contribution in [0, 0.1) is 0 Å². The van der Waals surface area contributed by atoms with Crippen molar-refractivity contribution in [3.8, 4) is 11.1 Å². The Balaban J connectivity index is 2.07. The Hall–Kier alpha value is -2.69. The first-order valence-electron chi connectivity index (χ1n) is 6.67. The van der Waals surface area contributed by atoms with E-state index in [4.69, 9.17) is 5.73 Å². The van der Waals surface area contributed by atoms with E-state index < -0.39 is 5.54 Å². The van der Waals surface area contributed by atoms with Crippen LogP contribution < -0.4 is 5.73 Å². The van der Waals surface area contributed by atoms with E-state index >= 15 is 0 Å². The molecule has 1 aromatic heterocycles. The Morgan fingerprint density at radius 2 is 1.90 bits per heavy atom. The average molecular weight is 279 g/mol. The Morgan fingerprint density at radius 1 is 1.19 bits per heavy atom. The van der Waals surface area contributed by atoms with E-state index in [1.165, 1.54) is 6.33 Å². The molecule has 0 spiro atoms. The van der Waals surface area contributed by atoms with Crippen molar-refractivity contribution in [2.24, 2.45) is 10.7 Å². The normalized spacial score (nSPS) is 21.5. The number of nitrogens with two attached hydrogens (primary N) is 1. The summed E-state index contributed by atoms with van der Waals surface area (Å²) in [6, 6.07) is 8.15. The van der Waals surface area contributed by atoms with Gasteiger partial charge in [0.1, 0.15) is 11.9 Å². The zero-order chi connectivity index (χ0) is 15.0. The number of guanidine groups is 1. The van der Waals surface area contributed by atoms with E-state index in [-0.39, 0.29) is 0 Å². The van der Waals surface area contributed by atoms with E-state index in [0.717, 1.165) is 22.4 Å². The van der Waals surface area contributed by atoms with Gasteiger partial charge in [0.15, 0.2) is 5.96 Å². The van der Waals surface area contributed by atoms with Crippen LogP contribution in [-0.4, -0.2) is 27.9 Å². The molecule has 1 atom stereocenters. The van der Waals surface area contributed by atoms with Gasteiger partial charge in [-0.25, -0.2) is 15.0 Å². The van der Waals surface area contributed by atoms with Crippen molar-refractivity contribution in [1.29, 1.82) is 0 Å². The average Bonchev–Trinajstić information content (AvgIpc) is 2.73. The lowest BCUT2D eigenvalue weighted by molar-refractivity contribution is 0.512. The highest BCUT2D eigenvalue weighted by Crippen LogP contribution is 2.39. The SMILES string of the molecule is C=C1N(C)C(N)=NC1(C)c1cccc(-c2cncnc2)c1. The van der Waals surface area contributed by atoms with Gasteiger partial charge in [-0.1, -0.05) is 24.8 Å². The molecule has 106 valence electrons. The van der Waals surface area contributed by atoms with Crippen LogP contribution in [0.1, 0.15) is 12.5 Å². The lowest BCUT2D eigenvalue weighted by Gasteiger charge is -2.25. The van der Waals surface area contributed by atoms with Crippen LogP contribution in [-0.2, 0) is 5.54 Å². The topological polar surface area (TPSA) is 67.4 Å². The molecule has 1 aliphatic rings. The number of hydrogen-bond donors (Lipinski definition) is 1. The zero-order valence-electron chi connectivity index (χ0n) is 12.1. The maximum Gasteiger partial charge on any atom is 0.196 e. The maximum atomic E-state index is 5.93. The summed E-state index contributed by atoms with van der Waals surface area (Å²) in [5.74, 6) is 0.482. The summed E-state index contributed by atoms with van der Waals surface area (Å²) in [5.41, 5.74) is 9.31. The van der Waals surface area contributed by atoms with Crippen molar-refractivity contribution < 1.29 is 0 Å². The van der Waals surface area contributed by atoms with Gasteiger partial charge in [0, 0.05) is 30.7 Å². The predicted octanol–water partition coefficient (Wildman–Crippen LogP) is 2.13. The number of rotatable bonds is 2. The molecular weight excluding hydrogens is 262 g/mol. The highest BCUT2D eigenvalue weighted by Gasteiger charge is 2.38. The highest BCUT2D eigenvalue weighted by atomic mass is 15.3. The Bertz CT molecular complexity index is 722. The molecule has 5 nitrogen and oxygen atoms in total. The molecule has 3 rings (SSSR count). The standard InChI is InChI=1S/C16H17N5/c1-11-16(2,20-15(17)21(11)3)14-6-4-5-12(7-14)13-8-18-10-19-9-13/h4-10H,1H2,2-3H3,(H2,17,20). The minimum absolute atomic E-state index is 0.482. The number of hydrogen-bond acceptors (Lipinski definition) is 5. The second-order valence-corrected chi connectivity index (χ2v) is 5.26. The molecule has 21 heavy (non-hydrogen) atoms. The summed E-state index contributed by atoms with van der Waals surface area (Å²) in [6.07, 6.45) is 5.11. The zero-order valence-corrected chi connectivity index (χ0v) is 12.1. The summed E-state index contributed by atoms with van der Waals surface area (Å²) in [4.78, 5) is 14.5. The fourth-order valence-electron chi connectivity index (χ4n) is 2.51. The summed E-state index contributed by atoms with van der Waals surface area (Å²) in [6.45, 7) is 6.14. The Kier molecular flexibility index (Phi) is 2.97. The summed E-state index contributed by atoms with van der Waals surface area (Å²) < 4.78 is 0. The Morgan fingerprint density at radius 3 is 2.52 bits per heavy atom. The molecule has 0 aliphatic carbocycles. The van der Waals surface area contributed by atoms with Gasteiger partial charge in [-0.05, 0) is 24.1 Å². The van der Waals surface area contributed by atoms with Crippen molar-refractivity contribution in [3.63, 3.8) is 0 Å². The Labute approximate surface area is 123 Å². The summed E-state index contributed by atoms with van der Waals surface area (Å²) in [7, 11) is 1.88. The molecular formula is C16H17N5. The van der Waals surface area contributed by atoms with Crippen molar-refractivity contribution in [2.75, 3.05) is 7.05 Å². The fraction of sp³-hybridized carbons (Fsp3) is 0.188. The van der Waals surface area contributed by atoms with Crippen LogP contribution in [0.15, 0.2) is 60.3 Å². The van der Waals surface area contributed by atoms with Gasteiger partial charge in [-0.2, -0.15) is 0 Å². The number of aromatic nitrogens is 2. The molecule has 2 heterocycles. The second kappa shape index (κ2) is 4.70. The molecule has 2 N–H and O–H groups in total. The lowest BCUT2D eigenvalue weighted by atomic mass is 9.88. The third-order valence-electron chi connectivity index (χ3n) is 3.97. The molecule has 1 aromatic carbocycles. The quantitative estimate of drug-likeness (QED) is 0.914. The van der Waals surface area contributed by atoms with Gasteiger partial charge in [0.05, 0.1) is 0 Å². The molecule has 0 saturated carbocycles. The number of likely N-dealkylation sites (N-methyl/N-ethyl adjacent to an activating group) is 1. The highest BCUT2D eigenvalue weighted by molar-refractivity contribution is 5.84. The first kappa shape index (κ1) is 13.3. The molecule has 2 aromatic rings. The first-order chi connectivity index (χ1) is 10.0. The minimum atomic E-state index is -0.537. The van der Waals surface area contributed by atoms with Gasteiger partial charge in [-0.3, -0.25) is 0 Å². The van der Waals surface area contributed by atoms with E-state index in [9.17, 15) is 0 Å². The molecule has 0 bridgehead atoms. The molecule has 0 amide bonds. The smallest absolute Gasteiger partial charge is 0.196 e. The summed E-state index contributed by atoms with van der Waals surface area (Å²) >= 11 is 0. The molecule has 0 radical (unpaired) electrons. The first-order valence-corrected chi connectivity index (χ1v) is 6.67. The van der Waals surface area contributed by atoms with Crippen molar-refractivity contribution in [2.45, 2.75) is 12.5 Å². The van der Waals surface area contributed by atoms with Crippen LogP contribution >= 0.6 is 0 Å². The lowest BCUT2D eigenvalue weighted by Crippen LogP contribution is -2.30. The third-order valence-corrected chi connectivity index (χ3v) is 3.97. The van der Waals surface area contributed by atoms with Gasteiger partial charge >= 0.3 is 0 Å². The molecule has 0 saturated heterocycles. The molecule has 0 fully saturated rings. The van der Waals surface area contributed by atoms with Crippen LogP contribution in [0.2, 0.25) is 0 Å². The van der Waals surface area contributed by atoms with E-state index in [0.29, 0.717) is 5.96 Å². The second-order valence-electron chi connectivity index (χ2n) is 5.26. The van der Waals surface area contributed by atoms with Crippen molar-refractivity contribution in [3.05, 3.63) is 60.8 Å². The minimum Gasteiger partial charge on any atom is -0.369 e. The largest absolute Gasteiger partial charge is 0.369 e.